The Morgan fingerprint density at radius 1 is 1.36 bits per heavy atom. The van der Waals surface area contributed by atoms with E-state index in [2.05, 4.69) is 29.5 Å². The maximum atomic E-state index is 11.5. The second kappa shape index (κ2) is 9.27. The van der Waals surface area contributed by atoms with Crippen LogP contribution in [-0.2, 0) is 14.6 Å². The van der Waals surface area contributed by atoms with Gasteiger partial charge in [-0.05, 0) is 39.0 Å². The van der Waals surface area contributed by atoms with Crippen LogP contribution in [-0.4, -0.2) is 57.7 Å². The van der Waals surface area contributed by atoms with Crippen molar-refractivity contribution in [2.75, 3.05) is 31.2 Å². The molecule has 6 nitrogen and oxygen atoms in total. The van der Waals surface area contributed by atoms with Crippen molar-refractivity contribution in [2.45, 2.75) is 45.3 Å². The van der Waals surface area contributed by atoms with Crippen LogP contribution in [0.5, 0.6) is 0 Å². The lowest BCUT2D eigenvalue weighted by molar-refractivity contribution is 0.113. The topological polar surface area (TPSA) is 79.8 Å². The number of rotatable bonds is 5. The lowest BCUT2D eigenvalue weighted by Gasteiger charge is -2.18. The van der Waals surface area contributed by atoms with E-state index in [0.29, 0.717) is 12.3 Å². The van der Waals surface area contributed by atoms with E-state index in [4.69, 9.17) is 4.74 Å². The maximum Gasteiger partial charge on any atom is 0.191 e. The fraction of sp³-hybridized carbons (Fsp3) is 0.929. The van der Waals surface area contributed by atoms with Gasteiger partial charge in [-0.2, -0.15) is 0 Å². The molecule has 2 aliphatic rings. The number of nitrogens with zero attached hydrogens (tertiary/aromatic N) is 1. The molecule has 0 radical (unpaired) electrons. The molecule has 0 aromatic heterocycles. The Bertz CT molecular complexity index is 462. The van der Waals surface area contributed by atoms with E-state index < -0.39 is 9.84 Å². The van der Waals surface area contributed by atoms with Gasteiger partial charge in [-0.1, -0.05) is 0 Å². The van der Waals surface area contributed by atoms with Crippen LogP contribution in [0.2, 0.25) is 0 Å². The van der Waals surface area contributed by atoms with Crippen molar-refractivity contribution in [3.05, 3.63) is 0 Å². The summed E-state index contributed by atoms with van der Waals surface area (Å²) in [6.07, 6.45) is 3.20. The summed E-state index contributed by atoms with van der Waals surface area (Å²) in [7, 11) is -2.82. The second-order valence-electron chi connectivity index (χ2n) is 6.27. The minimum Gasteiger partial charge on any atom is -0.376 e. The normalized spacial score (nSPS) is 27.7. The molecule has 0 bridgehead atoms. The lowest BCUT2D eigenvalue weighted by atomic mass is 10.1. The Hall–Kier alpha value is -0.0900. The van der Waals surface area contributed by atoms with Crippen LogP contribution in [0.4, 0.5) is 0 Å². The molecule has 2 rings (SSSR count). The third-order valence-corrected chi connectivity index (χ3v) is 5.62. The number of sulfone groups is 1. The van der Waals surface area contributed by atoms with Crippen LogP contribution in [0.3, 0.4) is 0 Å². The molecule has 22 heavy (non-hydrogen) atoms. The molecule has 0 spiro atoms. The fourth-order valence-corrected chi connectivity index (χ4v) is 4.53. The Morgan fingerprint density at radius 3 is 2.68 bits per heavy atom. The van der Waals surface area contributed by atoms with Gasteiger partial charge in [0.2, 0.25) is 0 Å². The Balaban J connectivity index is 0.00000242. The summed E-state index contributed by atoms with van der Waals surface area (Å²) in [5, 5.41) is 6.58. The van der Waals surface area contributed by atoms with Gasteiger partial charge in [0.15, 0.2) is 15.8 Å². The summed E-state index contributed by atoms with van der Waals surface area (Å²) in [5.74, 6) is 1.49. The number of nitrogens with one attached hydrogen (secondary N) is 2. The van der Waals surface area contributed by atoms with Crippen molar-refractivity contribution < 1.29 is 13.2 Å². The molecule has 0 amide bonds. The highest BCUT2D eigenvalue weighted by molar-refractivity contribution is 14.0. The molecule has 2 N–H and O–H groups in total. The summed E-state index contributed by atoms with van der Waals surface area (Å²) >= 11 is 0. The molecule has 130 valence electrons. The minimum atomic E-state index is -2.82. The van der Waals surface area contributed by atoms with E-state index in [1.54, 1.807) is 0 Å². The third-order valence-electron chi connectivity index (χ3n) is 3.78. The molecule has 8 heteroatoms. The van der Waals surface area contributed by atoms with Gasteiger partial charge in [0, 0.05) is 25.7 Å². The summed E-state index contributed by atoms with van der Waals surface area (Å²) in [6.45, 7) is 6.28. The minimum absolute atomic E-state index is 0. The molecule has 0 aromatic rings. The predicted octanol–water partition coefficient (Wildman–Crippen LogP) is 1.16. The molecule has 0 saturated carbocycles. The van der Waals surface area contributed by atoms with Gasteiger partial charge in [0.05, 0.1) is 17.6 Å². The van der Waals surface area contributed by atoms with E-state index in [9.17, 15) is 8.42 Å². The smallest absolute Gasteiger partial charge is 0.191 e. The van der Waals surface area contributed by atoms with Gasteiger partial charge < -0.3 is 15.4 Å². The number of hydrogen-bond donors (Lipinski definition) is 2. The molecular weight excluding hydrogens is 417 g/mol. The zero-order chi connectivity index (χ0) is 15.3. The molecule has 0 aromatic carbocycles. The van der Waals surface area contributed by atoms with Crippen molar-refractivity contribution in [2.24, 2.45) is 10.9 Å². The molecule has 2 fully saturated rings. The largest absolute Gasteiger partial charge is 0.376 e. The molecule has 2 heterocycles. The van der Waals surface area contributed by atoms with Gasteiger partial charge in [-0.3, -0.25) is 4.99 Å². The Kier molecular flexibility index (Phi) is 8.40. The van der Waals surface area contributed by atoms with Crippen LogP contribution >= 0.6 is 24.0 Å². The van der Waals surface area contributed by atoms with Gasteiger partial charge in [0.25, 0.3) is 0 Å². The van der Waals surface area contributed by atoms with E-state index in [0.717, 1.165) is 38.4 Å². The number of hydrogen-bond acceptors (Lipinski definition) is 4. The van der Waals surface area contributed by atoms with Crippen LogP contribution < -0.4 is 10.6 Å². The van der Waals surface area contributed by atoms with Crippen molar-refractivity contribution >= 4 is 39.8 Å². The first-order chi connectivity index (χ1) is 9.94. The summed E-state index contributed by atoms with van der Waals surface area (Å²) in [4.78, 5) is 4.55. The average Bonchev–Trinajstić information content (AvgIpc) is 3.01. The molecule has 2 saturated heterocycles. The molecular formula is C14H28IN3O3S. The predicted molar refractivity (Wildman–Crippen MR) is 99.7 cm³/mol. The van der Waals surface area contributed by atoms with Gasteiger partial charge >= 0.3 is 0 Å². The second-order valence-corrected chi connectivity index (χ2v) is 8.50. The van der Waals surface area contributed by atoms with Gasteiger partial charge in [-0.25, -0.2) is 8.42 Å². The number of halogens is 1. The maximum absolute atomic E-state index is 11.5. The van der Waals surface area contributed by atoms with Crippen molar-refractivity contribution in [3.8, 4) is 0 Å². The van der Waals surface area contributed by atoms with Crippen LogP contribution in [0.1, 0.15) is 33.1 Å². The van der Waals surface area contributed by atoms with E-state index >= 15 is 0 Å². The molecule has 2 unspecified atom stereocenters. The summed E-state index contributed by atoms with van der Waals surface area (Å²) < 4.78 is 28.5. The van der Waals surface area contributed by atoms with E-state index in [-0.39, 0.29) is 47.8 Å². The fourth-order valence-electron chi connectivity index (χ4n) is 2.68. The van der Waals surface area contributed by atoms with Crippen molar-refractivity contribution in [3.63, 3.8) is 0 Å². The van der Waals surface area contributed by atoms with Crippen LogP contribution in [0.15, 0.2) is 4.99 Å². The first kappa shape index (κ1) is 20.0. The zero-order valence-electron chi connectivity index (χ0n) is 13.4. The summed E-state index contributed by atoms with van der Waals surface area (Å²) in [6, 6.07) is 0.285. The first-order valence-corrected chi connectivity index (χ1v) is 9.63. The lowest BCUT2D eigenvalue weighted by Crippen LogP contribution is -2.44. The monoisotopic (exact) mass is 445 g/mol. The standard InChI is InChI=1S/C14H27N3O3S.HI/c1-11(2)17-14(16-9-13-4-3-6-20-13)15-8-12-5-7-21(18,19)10-12;/h11-13H,3-10H2,1-2H3,(H2,15,16,17);1H. The quantitative estimate of drug-likeness (QED) is 0.377. The van der Waals surface area contributed by atoms with Crippen LogP contribution in [0.25, 0.3) is 0 Å². The molecule has 2 atom stereocenters. The van der Waals surface area contributed by atoms with Crippen molar-refractivity contribution in [1.82, 2.24) is 10.6 Å². The number of aliphatic imine (C=N–C) groups is 1. The highest BCUT2D eigenvalue weighted by Crippen LogP contribution is 2.18. The highest BCUT2D eigenvalue weighted by Gasteiger charge is 2.27. The van der Waals surface area contributed by atoms with E-state index in [1.807, 2.05) is 0 Å². The van der Waals surface area contributed by atoms with Gasteiger partial charge in [-0.15, -0.1) is 24.0 Å². The first-order valence-electron chi connectivity index (χ1n) is 7.81. The van der Waals surface area contributed by atoms with Crippen LogP contribution in [0, 0.1) is 5.92 Å². The summed E-state index contributed by atoms with van der Waals surface area (Å²) in [5.41, 5.74) is 0. The molecule has 0 aliphatic carbocycles. The van der Waals surface area contributed by atoms with Gasteiger partial charge in [0.1, 0.15) is 0 Å². The Morgan fingerprint density at radius 2 is 2.14 bits per heavy atom. The zero-order valence-corrected chi connectivity index (χ0v) is 16.5. The van der Waals surface area contributed by atoms with Crippen molar-refractivity contribution in [1.29, 1.82) is 0 Å². The van der Waals surface area contributed by atoms with E-state index in [1.165, 1.54) is 0 Å². The highest BCUT2D eigenvalue weighted by atomic mass is 127. The SMILES string of the molecule is CC(C)NC(=NCC1CCS(=O)(=O)C1)NCC1CCCO1.I. The number of guanidine groups is 1. The average molecular weight is 445 g/mol. The Labute approximate surface area is 150 Å². The third kappa shape index (κ3) is 6.99. The number of ether oxygens (including phenoxy) is 1. The molecule has 2 aliphatic heterocycles.